The third-order valence-corrected chi connectivity index (χ3v) is 5.12. The molecule has 0 bridgehead atoms. The number of ether oxygens (including phenoxy) is 2. The van der Waals surface area contributed by atoms with Gasteiger partial charge in [0, 0.05) is 14.9 Å². The van der Waals surface area contributed by atoms with E-state index >= 15 is 0 Å². The Morgan fingerprint density at radius 2 is 1.42 bits per heavy atom. The summed E-state index contributed by atoms with van der Waals surface area (Å²) in [5, 5.41) is 7.98. The number of benzene rings is 3. The maximum Gasteiger partial charge on any atom is 0.262 e. The van der Waals surface area contributed by atoms with Gasteiger partial charge < -0.3 is 25.4 Å². The van der Waals surface area contributed by atoms with Crippen molar-refractivity contribution in [3.05, 3.63) is 81.9 Å². The maximum absolute atomic E-state index is 12.6. The largest absolute Gasteiger partial charge is 0.497 e. The first-order chi connectivity index (χ1) is 15.9. The van der Waals surface area contributed by atoms with E-state index in [9.17, 15) is 14.4 Å². The van der Waals surface area contributed by atoms with Gasteiger partial charge in [-0.25, -0.2) is 0 Å². The van der Waals surface area contributed by atoms with Crippen LogP contribution in [0, 0.1) is 3.57 Å². The summed E-state index contributed by atoms with van der Waals surface area (Å²) < 4.78 is 11.7. The Hall–Kier alpha value is -3.60. The van der Waals surface area contributed by atoms with Gasteiger partial charge >= 0.3 is 0 Å². The van der Waals surface area contributed by atoms with Crippen LogP contribution < -0.4 is 25.4 Å². The average molecular weight is 559 g/mol. The van der Waals surface area contributed by atoms with Crippen LogP contribution in [0.15, 0.2) is 72.8 Å². The van der Waals surface area contributed by atoms with E-state index in [0.29, 0.717) is 17.1 Å². The minimum Gasteiger partial charge on any atom is -0.497 e. The molecule has 170 valence electrons. The van der Waals surface area contributed by atoms with E-state index in [-0.39, 0.29) is 36.3 Å². The molecular formula is C24H22IN3O5. The van der Waals surface area contributed by atoms with Crippen LogP contribution in [0.4, 0.5) is 11.4 Å². The first-order valence-electron chi connectivity index (χ1n) is 9.94. The zero-order chi connectivity index (χ0) is 23.6. The van der Waals surface area contributed by atoms with Crippen molar-refractivity contribution < 1.29 is 23.9 Å². The zero-order valence-electron chi connectivity index (χ0n) is 17.8. The third kappa shape index (κ3) is 7.49. The van der Waals surface area contributed by atoms with Crippen molar-refractivity contribution in [3.63, 3.8) is 0 Å². The van der Waals surface area contributed by atoms with Gasteiger partial charge in [0.15, 0.2) is 6.61 Å². The summed E-state index contributed by atoms with van der Waals surface area (Å²) in [5.41, 5.74) is 1.45. The molecule has 9 heteroatoms. The van der Waals surface area contributed by atoms with Gasteiger partial charge in [-0.15, -0.1) is 0 Å². The smallest absolute Gasteiger partial charge is 0.262 e. The monoisotopic (exact) mass is 559 g/mol. The fraction of sp³-hybridized carbons (Fsp3) is 0.125. The standard InChI is InChI=1S/C24H22IN3O5/c1-32-19-12-10-18(11-13-19)27-22(29)14-26-24(31)20-4-2-3-5-21(20)33-15-23(30)28-17-8-6-16(25)7-9-17/h2-13H,14-15H2,1H3,(H,26,31)(H,27,29)(H,28,30). The van der Waals surface area contributed by atoms with Crippen molar-refractivity contribution in [3.8, 4) is 11.5 Å². The minimum atomic E-state index is -0.492. The molecule has 0 spiro atoms. The predicted molar refractivity (Wildman–Crippen MR) is 134 cm³/mol. The van der Waals surface area contributed by atoms with Gasteiger partial charge in [-0.3, -0.25) is 14.4 Å². The average Bonchev–Trinajstić information content (AvgIpc) is 2.83. The summed E-state index contributed by atoms with van der Waals surface area (Å²) in [6, 6.07) is 20.7. The molecule has 0 radical (unpaired) electrons. The Balaban J connectivity index is 1.51. The molecule has 0 aliphatic rings. The second-order valence-electron chi connectivity index (χ2n) is 6.80. The van der Waals surface area contributed by atoms with Crippen LogP contribution in [0.5, 0.6) is 11.5 Å². The molecule has 8 nitrogen and oxygen atoms in total. The highest BCUT2D eigenvalue weighted by Gasteiger charge is 2.14. The summed E-state index contributed by atoms with van der Waals surface area (Å²) in [7, 11) is 1.56. The topological polar surface area (TPSA) is 106 Å². The molecule has 3 aromatic carbocycles. The zero-order valence-corrected chi connectivity index (χ0v) is 19.9. The SMILES string of the molecule is COc1ccc(NC(=O)CNC(=O)c2ccccc2OCC(=O)Nc2ccc(I)cc2)cc1. The van der Waals surface area contributed by atoms with E-state index in [2.05, 4.69) is 38.5 Å². The van der Waals surface area contributed by atoms with Gasteiger partial charge in [0.1, 0.15) is 11.5 Å². The van der Waals surface area contributed by atoms with Crippen molar-refractivity contribution in [2.75, 3.05) is 30.9 Å². The molecule has 0 aliphatic carbocycles. The summed E-state index contributed by atoms with van der Waals surface area (Å²) >= 11 is 2.18. The number of hydrogen-bond donors (Lipinski definition) is 3. The van der Waals surface area contributed by atoms with Gasteiger partial charge in [0.25, 0.3) is 11.8 Å². The molecule has 0 heterocycles. The molecule has 33 heavy (non-hydrogen) atoms. The number of methoxy groups -OCH3 is 1. The van der Waals surface area contributed by atoms with Crippen LogP contribution in [-0.4, -0.2) is 38.0 Å². The Kier molecular flexibility index (Phi) is 8.64. The molecular weight excluding hydrogens is 537 g/mol. The Morgan fingerprint density at radius 1 is 0.818 bits per heavy atom. The summed E-state index contributed by atoms with van der Waals surface area (Å²) in [4.78, 5) is 36.9. The lowest BCUT2D eigenvalue weighted by atomic mass is 10.2. The number of amides is 3. The summed E-state index contributed by atoms with van der Waals surface area (Å²) in [6.45, 7) is -0.499. The van der Waals surface area contributed by atoms with Crippen molar-refractivity contribution >= 4 is 51.7 Å². The molecule has 3 N–H and O–H groups in total. The molecule has 0 aliphatic heterocycles. The molecule has 0 saturated heterocycles. The van der Waals surface area contributed by atoms with Gasteiger partial charge in [0.2, 0.25) is 5.91 Å². The summed E-state index contributed by atoms with van der Waals surface area (Å²) in [6.07, 6.45) is 0. The second-order valence-corrected chi connectivity index (χ2v) is 8.04. The van der Waals surface area contributed by atoms with Crippen molar-refractivity contribution in [1.82, 2.24) is 5.32 Å². The number of hydrogen-bond acceptors (Lipinski definition) is 5. The van der Waals surface area contributed by atoms with Crippen LogP contribution in [0.25, 0.3) is 0 Å². The van der Waals surface area contributed by atoms with Crippen molar-refractivity contribution in [1.29, 1.82) is 0 Å². The molecule has 0 fully saturated rings. The fourth-order valence-electron chi connectivity index (χ4n) is 2.79. The number of carbonyl (C=O) groups is 3. The van der Waals surface area contributed by atoms with Gasteiger partial charge in [-0.05, 0) is 83.3 Å². The van der Waals surface area contributed by atoms with Crippen LogP contribution in [0.1, 0.15) is 10.4 Å². The maximum atomic E-state index is 12.6. The Morgan fingerprint density at radius 3 is 2.09 bits per heavy atom. The molecule has 0 saturated carbocycles. The van der Waals surface area contributed by atoms with E-state index in [4.69, 9.17) is 9.47 Å². The Labute approximate surface area is 204 Å². The quantitative estimate of drug-likeness (QED) is 0.347. The molecule has 3 amide bonds. The van der Waals surface area contributed by atoms with E-state index < -0.39 is 5.91 Å². The predicted octanol–water partition coefficient (Wildman–Crippen LogP) is 3.69. The highest BCUT2D eigenvalue weighted by molar-refractivity contribution is 14.1. The van der Waals surface area contributed by atoms with Crippen molar-refractivity contribution in [2.24, 2.45) is 0 Å². The molecule has 3 aromatic rings. The number of para-hydroxylation sites is 1. The van der Waals surface area contributed by atoms with Crippen molar-refractivity contribution in [2.45, 2.75) is 0 Å². The lowest BCUT2D eigenvalue weighted by Gasteiger charge is -2.12. The lowest BCUT2D eigenvalue weighted by Crippen LogP contribution is -2.33. The van der Waals surface area contributed by atoms with E-state index in [1.165, 1.54) is 0 Å². The Bertz CT molecular complexity index is 1120. The fourth-order valence-corrected chi connectivity index (χ4v) is 3.15. The third-order valence-electron chi connectivity index (χ3n) is 4.40. The normalized spacial score (nSPS) is 10.1. The molecule has 0 unspecified atom stereocenters. The number of halogens is 1. The number of nitrogens with one attached hydrogen (secondary N) is 3. The molecule has 3 rings (SSSR count). The first kappa shape index (κ1) is 24.1. The van der Waals surface area contributed by atoms with Gasteiger partial charge in [-0.1, -0.05) is 12.1 Å². The number of rotatable bonds is 9. The molecule has 0 atom stereocenters. The van der Waals surface area contributed by atoms with Crippen LogP contribution >= 0.6 is 22.6 Å². The lowest BCUT2D eigenvalue weighted by molar-refractivity contribution is -0.118. The highest BCUT2D eigenvalue weighted by Crippen LogP contribution is 2.18. The van der Waals surface area contributed by atoms with Crippen LogP contribution in [0.2, 0.25) is 0 Å². The second kappa shape index (κ2) is 11.9. The van der Waals surface area contributed by atoms with Crippen LogP contribution in [-0.2, 0) is 9.59 Å². The number of anilines is 2. The van der Waals surface area contributed by atoms with Gasteiger partial charge in [-0.2, -0.15) is 0 Å². The first-order valence-corrected chi connectivity index (χ1v) is 11.0. The summed E-state index contributed by atoms with van der Waals surface area (Å²) in [5.74, 6) is -0.323. The van der Waals surface area contributed by atoms with E-state index in [1.54, 1.807) is 67.8 Å². The minimum absolute atomic E-state index is 0.219. The van der Waals surface area contributed by atoms with Crippen LogP contribution in [0.3, 0.4) is 0 Å². The number of carbonyl (C=O) groups excluding carboxylic acids is 3. The highest BCUT2D eigenvalue weighted by atomic mass is 127. The van der Waals surface area contributed by atoms with E-state index in [1.807, 2.05) is 12.1 Å². The van der Waals surface area contributed by atoms with E-state index in [0.717, 1.165) is 3.57 Å². The molecule has 0 aromatic heterocycles. The van der Waals surface area contributed by atoms with Gasteiger partial charge in [0.05, 0.1) is 19.2 Å².